The molecule has 0 aliphatic rings. The number of ether oxygens (including phenoxy) is 1. The van der Waals surface area contributed by atoms with Crippen molar-refractivity contribution in [2.24, 2.45) is 0 Å². The highest BCUT2D eigenvalue weighted by Gasteiger charge is 2.03. The highest BCUT2D eigenvalue weighted by atomic mass is 16.8. The molecule has 1 rings (SSSR count). The van der Waals surface area contributed by atoms with Gasteiger partial charge >= 0.3 is 5.97 Å². The summed E-state index contributed by atoms with van der Waals surface area (Å²) in [6.07, 6.45) is 0.174. The average molecular weight is 197 g/mol. The first kappa shape index (κ1) is 10.5. The van der Waals surface area contributed by atoms with Gasteiger partial charge in [-0.1, -0.05) is 12.1 Å². The molecule has 0 unspecified atom stereocenters. The van der Waals surface area contributed by atoms with Crippen molar-refractivity contribution in [1.29, 1.82) is 0 Å². The molecular weight excluding hydrogens is 186 g/mol. The Labute approximate surface area is 81.1 Å². The fourth-order valence-electron chi connectivity index (χ4n) is 0.986. The number of carbonyl (C=O) groups is 1. The minimum atomic E-state index is -0.331. The molecule has 0 spiro atoms. The molecule has 0 heterocycles. The molecule has 0 bridgehead atoms. The molecule has 2 N–H and O–H groups in total. The minimum Gasteiger partial charge on any atom is -0.469 e. The van der Waals surface area contributed by atoms with Gasteiger partial charge in [0, 0.05) is 0 Å². The summed E-state index contributed by atoms with van der Waals surface area (Å²) in [5.74, 6) is -0.331. The molecule has 5 heteroatoms. The Bertz CT molecular complexity index is 307. The SMILES string of the molecule is COC(=O)Cc1ccc(N(O)O)cc1. The van der Waals surface area contributed by atoms with Crippen molar-refractivity contribution in [3.05, 3.63) is 29.8 Å². The summed E-state index contributed by atoms with van der Waals surface area (Å²) in [4.78, 5) is 10.9. The zero-order valence-electron chi connectivity index (χ0n) is 7.67. The molecule has 1 aromatic rings. The third kappa shape index (κ3) is 2.72. The maximum absolute atomic E-state index is 10.9. The summed E-state index contributed by atoms with van der Waals surface area (Å²) >= 11 is 0. The molecule has 0 amide bonds. The summed E-state index contributed by atoms with van der Waals surface area (Å²) in [5, 5.41) is 17.3. The van der Waals surface area contributed by atoms with Crippen LogP contribution in [0.3, 0.4) is 0 Å². The van der Waals surface area contributed by atoms with E-state index < -0.39 is 0 Å². The second-order valence-corrected chi connectivity index (χ2v) is 2.71. The molecule has 0 aliphatic heterocycles. The zero-order chi connectivity index (χ0) is 10.6. The van der Waals surface area contributed by atoms with Crippen LogP contribution in [-0.2, 0) is 16.0 Å². The van der Waals surface area contributed by atoms with Crippen LogP contribution in [0.1, 0.15) is 5.56 Å². The van der Waals surface area contributed by atoms with Gasteiger partial charge in [-0.3, -0.25) is 15.2 Å². The number of esters is 1. The molecule has 76 valence electrons. The van der Waals surface area contributed by atoms with Crippen LogP contribution in [0.2, 0.25) is 0 Å². The highest BCUT2D eigenvalue weighted by molar-refractivity contribution is 5.72. The van der Waals surface area contributed by atoms with Gasteiger partial charge in [-0.05, 0) is 17.7 Å². The molecule has 0 aromatic heterocycles. The summed E-state index contributed by atoms with van der Waals surface area (Å²) < 4.78 is 4.48. The molecule has 0 saturated heterocycles. The summed E-state index contributed by atoms with van der Waals surface area (Å²) in [6, 6.07) is 6.20. The number of benzene rings is 1. The Morgan fingerprint density at radius 1 is 1.36 bits per heavy atom. The molecule has 0 saturated carbocycles. The van der Waals surface area contributed by atoms with Gasteiger partial charge in [0.2, 0.25) is 0 Å². The second-order valence-electron chi connectivity index (χ2n) is 2.71. The van der Waals surface area contributed by atoms with Crippen molar-refractivity contribution in [3.8, 4) is 0 Å². The van der Waals surface area contributed by atoms with Gasteiger partial charge < -0.3 is 4.74 Å². The summed E-state index contributed by atoms with van der Waals surface area (Å²) in [6.45, 7) is 0. The number of methoxy groups -OCH3 is 1. The van der Waals surface area contributed by atoms with E-state index in [1.807, 2.05) is 0 Å². The van der Waals surface area contributed by atoms with E-state index in [9.17, 15) is 4.79 Å². The first-order chi connectivity index (χ1) is 6.63. The molecule has 0 fully saturated rings. The Morgan fingerprint density at radius 3 is 2.36 bits per heavy atom. The topological polar surface area (TPSA) is 70.0 Å². The fourth-order valence-corrected chi connectivity index (χ4v) is 0.986. The number of hydrogen-bond acceptors (Lipinski definition) is 5. The summed E-state index contributed by atoms with van der Waals surface area (Å²) in [5.41, 5.74) is 0.987. The predicted octanol–water partition coefficient (Wildman–Crippen LogP) is 0.987. The number of hydrogen-bond donors (Lipinski definition) is 2. The molecule has 0 aliphatic carbocycles. The molecule has 14 heavy (non-hydrogen) atoms. The lowest BCUT2D eigenvalue weighted by molar-refractivity contribution is -0.139. The van der Waals surface area contributed by atoms with Gasteiger partial charge in [-0.15, -0.1) is 5.23 Å². The van der Waals surface area contributed by atoms with E-state index in [1.54, 1.807) is 12.1 Å². The van der Waals surface area contributed by atoms with E-state index in [0.717, 1.165) is 5.56 Å². The number of anilines is 1. The molecule has 1 aromatic carbocycles. The van der Waals surface area contributed by atoms with E-state index in [4.69, 9.17) is 10.4 Å². The summed E-state index contributed by atoms with van der Waals surface area (Å²) in [7, 11) is 1.32. The lowest BCUT2D eigenvalue weighted by Crippen LogP contribution is -2.11. The quantitative estimate of drug-likeness (QED) is 0.558. The van der Waals surface area contributed by atoms with Crippen molar-refractivity contribution in [2.75, 3.05) is 12.3 Å². The van der Waals surface area contributed by atoms with Crippen LogP contribution in [0, 0.1) is 0 Å². The third-order valence-corrected chi connectivity index (χ3v) is 1.74. The fraction of sp³-hybridized carbons (Fsp3) is 0.222. The van der Waals surface area contributed by atoms with Crippen LogP contribution < -0.4 is 5.23 Å². The lowest BCUT2D eigenvalue weighted by Gasteiger charge is -2.07. The van der Waals surface area contributed by atoms with Crippen molar-refractivity contribution in [2.45, 2.75) is 6.42 Å². The van der Waals surface area contributed by atoms with Gasteiger partial charge in [0.1, 0.15) is 0 Å². The number of nitrogens with zero attached hydrogens (tertiary/aromatic N) is 1. The highest BCUT2D eigenvalue weighted by Crippen LogP contribution is 2.12. The molecule has 0 radical (unpaired) electrons. The first-order valence-corrected chi connectivity index (χ1v) is 3.97. The Hall–Kier alpha value is -1.59. The maximum atomic E-state index is 10.9. The monoisotopic (exact) mass is 197 g/mol. The average Bonchev–Trinajstić information content (AvgIpc) is 2.18. The van der Waals surface area contributed by atoms with Gasteiger partial charge in [-0.25, -0.2) is 0 Å². The Balaban J connectivity index is 2.69. The molecule has 5 nitrogen and oxygen atoms in total. The first-order valence-electron chi connectivity index (χ1n) is 3.97. The van der Waals surface area contributed by atoms with Crippen LogP contribution in [0.15, 0.2) is 24.3 Å². The normalized spacial score (nSPS) is 9.64. The second kappa shape index (κ2) is 4.59. The number of rotatable bonds is 3. The van der Waals surface area contributed by atoms with Gasteiger partial charge in [0.15, 0.2) is 0 Å². The van der Waals surface area contributed by atoms with Crippen LogP contribution in [0.25, 0.3) is 0 Å². The van der Waals surface area contributed by atoms with Gasteiger partial charge in [-0.2, -0.15) is 0 Å². The lowest BCUT2D eigenvalue weighted by atomic mass is 10.1. The van der Waals surface area contributed by atoms with Crippen molar-refractivity contribution in [1.82, 2.24) is 0 Å². The van der Waals surface area contributed by atoms with Crippen LogP contribution in [0.5, 0.6) is 0 Å². The van der Waals surface area contributed by atoms with Gasteiger partial charge in [0.05, 0.1) is 19.2 Å². The van der Waals surface area contributed by atoms with E-state index in [0.29, 0.717) is 0 Å². The molecule has 0 atom stereocenters. The maximum Gasteiger partial charge on any atom is 0.309 e. The number of carbonyl (C=O) groups excluding carboxylic acids is 1. The van der Waals surface area contributed by atoms with Crippen LogP contribution in [-0.4, -0.2) is 23.5 Å². The van der Waals surface area contributed by atoms with E-state index in [1.165, 1.54) is 19.2 Å². The standard InChI is InChI=1S/C9H11NO4/c1-14-9(11)6-7-2-4-8(5-3-7)10(12)13/h2-5,12-13H,6H2,1H3. The Morgan fingerprint density at radius 2 is 1.93 bits per heavy atom. The smallest absolute Gasteiger partial charge is 0.309 e. The van der Waals surface area contributed by atoms with Crippen LogP contribution >= 0.6 is 0 Å². The minimum absolute atomic E-state index is 0.0158. The van der Waals surface area contributed by atoms with Crippen molar-refractivity contribution < 1.29 is 19.9 Å². The largest absolute Gasteiger partial charge is 0.469 e. The Kier molecular flexibility index (Phi) is 3.44. The van der Waals surface area contributed by atoms with E-state index in [-0.39, 0.29) is 23.3 Å². The predicted molar refractivity (Wildman–Crippen MR) is 48.2 cm³/mol. The third-order valence-electron chi connectivity index (χ3n) is 1.74. The van der Waals surface area contributed by atoms with Crippen molar-refractivity contribution >= 4 is 11.7 Å². The van der Waals surface area contributed by atoms with Crippen LogP contribution in [0.4, 0.5) is 5.69 Å². The van der Waals surface area contributed by atoms with Gasteiger partial charge in [0.25, 0.3) is 0 Å². The van der Waals surface area contributed by atoms with Crippen molar-refractivity contribution in [3.63, 3.8) is 0 Å². The molecular formula is C9H11NO4. The zero-order valence-corrected chi connectivity index (χ0v) is 7.67. The van der Waals surface area contributed by atoms with E-state index >= 15 is 0 Å². The van der Waals surface area contributed by atoms with E-state index in [2.05, 4.69) is 4.74 Å².